The van der Waals surface area contributed by atoms with E-state index in [1.54, 1.807) is 0 Å². The molecule has 0 rings (SSSR count). The van der Waals surface area contributed by atoms with E-state index in [1.807, 2.05) is 0 Å². The number of aliphatic hydroxyl groups is 1. The lowest BCUT2D eigenvalue weighted by molar-refractivity contribution is -0.161. The molecule has 0 aliphatic carbocycles. The second-order valence-corrected chi connectivity index (χ2v) is 32.7. The van der Waals surface area contributed by atoms with E-state index in [-0.39, 0.29) is 25.7 Å². The van der Waals surface area contributed by atoms with Gasteiger partial charge in [-0.15, -0.1) is 0 Å². The van der Waals surface area contributed by atoms with Gasteiger partial charge in [-0.3, -0.25) is 37.3 Å². The van der Waals surface area contributed by atoms with E-state index in [0.717, 1.165) is 108 Å². The van der Waals surface area contributed by atoms with Gasteiger partial charge < -0.3 is 33.8 Å². The minimum absolute atomic E-state index is 0.108. The zero-order valence-electron chi connectivity index (χ0n) is 64.8. The lowest BCUT2D eigenvalue weighted by atomic mass is 10.0. The number of unbranched alkanes of at least 4 members (excludes halogenated alkanes) is 49. The summed E-state index contributed by atoms with van der Waals surface area (Å²) in [6.45, 7) is 9.61. The molecule has 2 unspecified atom stereocenters. The molecule has 0 aromatic heterocycles. The Morgan fingerprint density at radius 1 is 0.273 bits per heavy atom. The quantitative estimate of drug-likeness (QED) is 0.0222. The first-order chi connectivity index (χ1) is 47.9. The highest BCUT2D eigenvalue weighted by Gasteiger charge is 2.30. The van der Waals surface area contributed by atoms with Gasteiger partial charge in [-0.25, -0.2) is 9.13 Å². The van der Waals surface area contributed by atoms with Crippen molar-refractivity contribution in [2.75, 3.05) is 39.6 Å². The van der Waals surface area contributed by atoms with Crippen LogP contribution in [0.1, 0.15) is 420 Å². The number of esters is 4. The van der Waals surface area contributed by atoms with Gasteiger partial charge in [0.25, 0.3) is 0 Å². The van der Waals surface area contributed by atoms with Gasteiger partial charge in [0.15, 0.2) is 12.2 Å². The van der Waals surface area contributed by atoms with Crippen molar-refractivity contribution in [1.29, 1.82) is 0 Å². The summed E-state index contributed by atoms with van der Waals surface area (Å²) in [4.78, 5) is 72.7. The van der Waals surface area contributed by atoms with Gasteiger partial charge in [0.05, 0.1) is 26.4 Å². The molecular formula is C80H156O17P2. The first kappa shape index (κ1) is 97.1. The van der Waals surface area contributed by atoms with E-state index >= 15 is 0 Å². The number of rotatable bonds is 79. The minimum Gasteiger partial charge on any atom is -0.462 e. The molecular weight excluding hydrogens is 1290 g/mol. The van der Waals surface area contributed by atoms with Gasteiger partial charge in [0, 0.05) is 25.7 Å². The molecule has 0 radical (unpaired) electrons. The van der Waals surface area contributed by atoms with E-state index in [9.17, 15) is 43.2 Å². The molecule has 99 heavy (non-hydrogen) atoms. The van der Waals surface area contributed by atoms with E-state index in [4.69, 9.17) is 37.0 Å². The topological polar surface area (TPSA) is 237 Å². The van der Waals surface area contributed by atoms with Gasteiger partial charge in [0.2, 0.25) is 0 Å². The summed E-state index contributed by atoms with van der Waals surface area (Å²) in [6, 6.07) is 0. The summed E-state index contributed by atoms with van der Waals surface area (Å²) in [5, 5.41) is 10.6. The normalized spacial score (nSPS) is 13.9. The van der Waals surface area contributed by atoms with Crippen LogP contribution in [-0.4, -0.2) is 96.7 Å². The number of carbonyl (C=O) groups is 4. The van der Waals surface area contributed by atoms with Gasteiger partial charge >= 0.3 is 39.5 Å². The second-order valence-electron chi connectivity index (χ2n) is 29.8. The van der Waals surface area contributed by atoms with Crippen LogP contribution in [0.4, 0.5) is 0 Å². The van der Waals surface area contributed by atoms with Crippen LogP contribution in [0.5, 0.6) is 0 Å². The van der Waals surface area contributed by atoms with Crippen molar-refractivity contribution in [1.82, 2.24) is 0 Å². The Hall–Kier alpha value is -1.94. The fraction of sp³-hybridized carbons (Fsp3) is 0.950. The third-order valence-electron chi connectivity index (χ3n) is 18.7. The molecule has 0 aromatic carbocycles. The summed E-state index contributed by atoms with van der Waals surface area (Å²) >= 11 is 0. The maximum atomic E-state index is 13.1. The van der Waals surface area contributed by atoms with Gasteiger partial charge in [-0.05, 0) is 37.5 Å². The smallest absolute Gasteiger partial charge is 0.462 e. The minimum atomic E-state index is -4.96. The van der Waals surface area contributed by atoms with E-state index in [0.29, 0.717) is 25.7 Å². The zero-order chi connectivity index (χ0) is 72.8. The Kier molecular flexibility index (Phi) is 70.3. The number of hydrogen-bond donors (Lipinski definition) is 3. The number of hydrogen-bond acceptors (Lipinski definition) is 15. The standard InChI is InChI=1S/C80H156O17P2/c1-7-9-11-13-14-15-16-17-18-25-31-36-41-46-52-58-64-79(84)96-75(68-90-77(82)62-56-48-12-10-8-2)70-94-98(86,87)92-66-74(81)67-93-99(88,89)95-71-76(97-80(85)65-59-53-47-42-37-32-27-22-20-24-29-34-39-44-50-55-61-73(5)6)69-91-78(83)63-57-51-45-40-35-30-26-21-19-23-28-33-38-43-49-54-60-72(3)4/h72-76,81H,7-71H2,1-6H3,(H,86,87)(H,88,89)/t74-,75+,76+/m0/s1. The van der Waals surface area contributed by atoms with Crippen molar-refractivity contribution in [3.63, 3.8) is 0 Å². The summed E-state index contributed by atoms with van der Waals surface area (Å²) in [7, 11) is -9.91. The summed E-state index contributed by atoms with van der Waals surface area (Å²) < 4.78 is 68.5. The summed E-state index contributed by atoms with van der Waals surface area (Å²) in [5.74, 6) is -0.499. The molecule has 19 heteroatoms. The fourth-order valence-corrected chi connectivity index (χ4v) is 13.9. The number of carbonyl (C=O) groups excluding carboxylic acids is 4. The van der Waals surface area contributed by atoms with Gasteiger partial charge in [0.1, 0.15) is 19.3 Å². The molecule has 0 saturated carbocycles. The highest BCUT2D eigenvalue weighted by Crippen LogP contribution is 2.45. The van der Waals surface area contributed by atoms with Gasteiger partial charge in [-0.1, -0.05) is 369 Å². The molecule has 0 aliphatic rings. The highest BCUT2D eigenvalue weighted by atomic mass is 31.2. The lowest BCUT2D eigenvalue weighted by Gasteiger charge is -2.21. The molecule has 0 amide bonds. The van der Waals surface area contributed by atoms with E-state index in [2.05, 4.69) is 41.5 Å². The third-order valence-corrected chi connectivity index (χ3v) is 20.6. The Morgan fingerprint density at radius 3 is 0.687 bits per heavy atom. The highest BCUT2D eigenvalue weighted by molar-refractivity contribution is 7.47. The number of phosphoric acid groups is 2. The number of aliphatic hydroxyl groups excluding tert-OH is 1. The van der Waals surface area contributed by atoms with Crippen molar-refractivity contribution < 1.29 is 80.2 Å². The van der Waals surface area contributed by atoms with Crippen molar-refractivity contribution in [2.45, 2.75) is 439 Å². The second kappa shape index (κ2) is 71.7. The maximum Gasteiger partial charge on any atom is 0.472 e. The molecule has 0 aliphatic heterocycles. The van der Waals surface area contributed by atoms with Crippen molar-refractivity contribution in [3.05, 3.63) is 0 Å². The SMILES string of the molecule is CCCCCCCCCCCCCCCCCCC(=O)O[C@H](COC(=O)CCCCCCC)COP(=O)(O)OC[C@H](O)COP(=O)(O)OC[C@@H](COC(=O)CCCCCCCCCCCCCCCCCCC(C)C)OC(=O)CCCCCCCCCCCCCCCCCCC(C)C. The van der Waals surface area contributed by atoms with Crippen LogP contribution in [0.25, 0.3) is 0 Å². The predicted octanol–water partition coefficient (Wildman–Crippen LogP) is 23.9. The number of ether oxygens (including phenoxy) is 4. The molecule has 0 saturated heterocycles. The molecule has 0 bridgehead atoms. The van der Waals surface area contributed by atoms with Crippen molar-refractivity contribution in [2.24, 2.45) is 11.8 Å². The van der Waals surface area contributed by atoms with Crippen LogP contribution in [-0.2, 0) is 65.4 Å². The average Bonchev–Trinajstić information content (AvgIpc) is 1.21. The largest absolute Gasteiger partial charge is 0.472 e. The Balaban J connectivity index is 5.12. The van der Waals surface area contributed by atoms with E-state index < -0.39 is 97.5 Å². The molecule has 5 atom stereocenters. The summed E-state index contributed by atoms with van der Waals surface area (Å²) in [5.41, 5.74) is 0. The maximum absolute atomic E-state index is 13.1. The molecule has 588 valence electrons. The molecule has 0 fully saturated rings. The summed E-state index contributed by atoms with van der Waals surface area (Å²) in [6.07, 6.45) is 61.5. The molecule has 0 aromatic rings. The predicted molar refractivity (Wildman–Crippen MR) is 405 cm³/mol. The van der Waals surface area contributed by atoms with E-state index in [1.165, 1.54) is 231 Å². The van der Waals surface area contributed by atoms with Crippen LogP contribution in [0.15, 0.2) is 0 Å². The fourth-order valence-electron chi connectivity index (χ4n) is 12.4. The van der Waals surface area contributed by atoms with Crippen LogP contribution in [0.2, 0.25) is 0 Å². The Morgan fingerprint density at radius 2 is 0.465 bits per heavy atom. The van der Waals surface area contributed by atoms with Gasteiger partial charge in [-0.2, -0.15) is 0 Å². The molecule has 0 heterocycles. The molecule has 0 spiro atoms. The van der Waals surface area contributed by atoms with Crippen LogP contribution >= 0.6 is 15.6 Å². The molecule has 3 N–H and O–H groups in total. The van der Waals surface area contributed by atoms with Crippen molar-refractivity contribution in [3.8, 4) is 0 Å². The van der Waals surface area contributed by atoms with Crippen LogP contribution < -0.4 is 0 Å². The lowest BCUT2D eigenvalue weighted by Crippen LogP contribution is -2.30. The van der Waals surface area contributed by atoms with Crippen LogP contribution in [0.3, 0.4) is 0 Å². The number of phosphoric ester groups is 2. The third kappa shape index (κ3) is 74.1. The first-order valence-electron chi connectivity index (χ1n) is 41.5. The first-order valence-corrected chi connectivity index (χ1v) is 44.5. The molecule has 17 nitrogen and oxygen atoms in total. The van der Waals surface area contributed by atoms with Crippen LogP contribution in [0, 0.1) is 11.8 Å². The van der Waals surface area contributed by atoms with Crippen molar-refractivity contribution >= 4 is 39.5 Å². The average molecular weight is 1450 g/mol. The Bertz CT molecular complexity index is 1910. The monoisotopic (exact) mass is 1450 g/mol. The zero-order valence-corrected chi connectivity index (χ0v) is 66.6. The Labute approximate surface area is 607 Å².